The number of para-hydroxylation sites is 1. The van der Waals surface area contributed by atoms with Crippen molar-refractivity contribution in [3.05, 3.63) is 29.8 Å². The zero-order chi connectivity index (χ0) is 14.8. The van der Waals surface area contributed by atoms with Crippen LogP contribution in [0.1, 0.15) is 43.5 Å². The van der Waals surface area contributed by atoms with Gasteiger partial charge in [-0.3, -0.25) is 0 Å². The molecule has 5 heteroatoms. The molecule has 1 unspecified atom stereocenters. The first-order chi connectivity index (χ1) is 9.40. The number of hydrogen-bond acceptors (Lipinski definition) is 2. The van der Waals surface area contributed by atoms with Crippen molar-refractivity contribution < 1.29 is 14.7 Å². The van der Waals surface area contributed by atoms with Crippen LogP contribution in [0.5, 0.6) is 0 Å². The highest BCUT2D eigenvalue weighted by molar-refractivity contribution is 6.00. The van der Waals surface area contributed by atoms with Gasteiger partial charge in [0.25, 0.3) is 0 Å². The van der Waals surface area contributed by atoms with E-state index in [-0.39, 0.29) is 23.1 Å². The molecule has 2 rings (SSSR count). The Hall–Kier alpha value is -2.04. The van der Waals surface area contributed by atoms with Crippen LogP contribution in [0.2, 0.25) is 0 Å². The summed E-state index contributed by atoms with van der Waals surface area (Å²) in [5.74, 6) is -1.05. The molecule has 0 spiro atoms. The van der Waals surface area contributed by atoms with Gasteiger partial charge in [0.1, 0.15) is 0 Å². The Bertz CT molecular complexity index is 526. The third-order valence-corrected chi connectivity index (χ3v) is 3.97. The number of anilines is 1. The van der Waals surface area contributed by atoms with Crippen LogP contribution >= 0.6 is 0 Å². The summed E-state index contributed by atoms with van der Waals surface area (Å²) >= 11 is 0. The molecular weight excluding hydrogens is 256 g/mol. The lowest BCUT2D eigenvalue weighted by Gasteiger charge is -2.27. The molecule has 1 saturated carbocycles. The largest absolute Gasteiger partial charge is 0.478 e. The predicted octanol–water partition coefficient (Wildman–Crippen LogP) is 3.09. The first-order valence-electron chi connectivity index (χ1n) is 6.80. The summed E-state index contributed by atoms with van der Waals surface area (Å²) in [6.07, 6.45) is 3.15. The number of carbonyl (C=O) groups excluding carboxylic acids is 1. The number of carboxylic acids is 1. The first kappa shape index (κ1) is 14.4. The fourth-order valence-corrected chi connectivity index (χ4v) is 2.69. The van der Waals surface area contributed by atoms with Crippen LogP contribution in [0, 0.1) is 5.41 Å². The van der Waals surface area contributed by atoms with Gasteiger partial charge < -0.3 is 15.7 Å². The molecule has 1 aromatic rings. The average Bonchev–Trinajstić information content (AvgIpc) is 2.69. The number of carbonyl (C=O) groups is 2. The number of carboxylic acid groups (broad SMARTS) is 1. The Morgan fingerprint density at radius 2 is 2.00 bits per heavy atom. The number of amides is 2. The Morgan fingerprint density at radius 3 is 2.60 bits per heavy atom. The lowest BCUT2D eigenvalue weighted by Crippen LogP contribution is -2.43. The molecule has 20 heavy (non-hydrogen) atoms. The quantitative estimate of drug-likeness (QED) is 0.793. The van der Waals surface area contributed by atoms with Crippen LogP contribution < -0.4 is 10.6 Å². The summed E-state index contributed by atoms with van der Waals surface area (Å²) < 4.78 is 0. The third-order valence-electron chi connectivity index (χ3n) is 3.97. The van der Waals surface area contributed by atoms with E-state index in [0.29, 0.717) is 5.69 Å². The minimum atomic E-state index is -1.05. The molecule has 0 radical (unpaired) electrons. The monoisotopic (exact) mass is 276 g/mol. The second kappa shape index (κ2) is 5.53. The van der Waals surface area contributed by atoms with Crippen molar-refractivity contribution in [1.82, 2.24) is 5.32 Å². The van der Waals surface area contributed by atoms with Gasteiger partial charge in [-0.1, -0.05) is 32.4 Å². The van der Waals surface area contributed by atoms with Crippen molar-refractivity contribution in [2.24, 2.45) is 5.41 Å². The van der Waals surface area contributed by atoms with Crippen molar-refractivity contribution in [2.45, 2.75) is 39.2 Å². The molecule has 0 heterocycles. The molecule has 108 valence electrons. The van der Waals surface area contributed by atoms with Gasteiger partial charge in [-0.15, -0.1) is 0 Å². The Kier molecular flexibility index (Phi) is 3.97. The maximum atomic E-state index is 12.0. The van der Waals surface area contributed by atoms with Crippen molar-refractivity contribution in [1.29, 1.82) is 0 Å². The van der Waals surface area contributed by atoms with Gasteiger partial charge in [0.05, 0.1) is 11.3 Å². The van der Waals surface area contributed by atoms with Gasteiger partial charge in [0.15, 0.2) is 0 Å². The number of hydrogen-bond donors (Lipinski definition) is 3. The summed E-state index contributed by atoms with van der Waals surface area (Å²) in [5, 5.41) is 14.6. The Labute approximate surface area is 118 Å². The zero-order valence-electron chi connectivity index (χ0n) is 11.8. The lowest BCUT2D eigenvalue weighted by molar-refractivity contribution is 0.0698. The topological polar surface area (TPSA) is 78.4 Å². The molecule has 1 atom stereocenters. The predicted molar refractivity (Wildman–Crippen MR) is 77.0 cm³/mol. The van der Waals surface area contributed by atoms with Gasteiger partial charge in [-0.25, -0.2) is 9.59 Å². The molecule has 2 amide bonds. The number of aromatic carboxylic acids is 1. The molecule has 1 aliphatic carbocycles. The summed E-state index contributed by atoms with van der Waals surface area (Å²) in [6.45, 7) is 4.27. The molecule has 0 bridgehead atoms. The highest BCUT2D eigenvalue weighted by Crippen LogP contribution is 2.37. The SMILES string of the molecule is CC1(C)CCCC1NC(=O)Nc1ccccc1C(=O)O. The van der Waals surface area contributed by atoms with E-state index in [1.807, 2.05) is 0 Å². The van der Waals surface area contributed by atoms with Crippen LogP contribution in [-0.2, 0) is 0 Å². The smallest absolute Gasteiger partial charge is 0.337 e. The van der Waals surface area contributed by atoms with Gasteiger partial charge in [-0.05, 0) is 30.4 Å². The zero-order valence-corrected chi connectivity index (χ0v) is 11.8. The van der Waals surface area contributed by atoms with Crippen LogP contribution in [0.3, 0.4) is 0 Å². The molecular formula is C15H20N2O3. The van der Waals surface area contributed by atoms with Crippen LogP contribution in [0.4, 0.5) is 10.5 Å². The summed E-state index contributed by atoms with van der Waals surface area (Å²) in [4.78, 5) is 23.1. The molecule has 1 fully saturated rings. The second-order valence-electron chi connectivity index (χ2n) is 5.88. The van der Waals surface area contributed by atoms with Gasteiger partial charge >= 0.3 is 12.0 Å². The van der Waals surface area contributed by atoms with Crippen molar-refractivity contribution in [3.63, 3.8) is 0 Å². The molecule has 1 aliphatic rings. The van der Waals surface area contributed by atoms with E-state index in [2.05, 4.69) is 24.5 Å². The molecule has 1 aromatic carbocycles. The van der Waals surface area contributed by atoms with Crippen LogP contribution in [0.25, 0.3) is 0 Å². The number of benzene rings is 1. The van der Waals surface area contributed by atoms with E-state index in [1.54, 1.807) is 18.2 Å². The van der Waals surface area contributed by atoms with E-state index in [1.165, 1.54) is 6.07 Å². The first-order valence-corrected chi connectivity index (χ1v) is 6.80. The fraction of sp³-hybridized carbons (Fsp3) is 0.467. The lowest BCUT2D eigenvalue weighted by atomic mass is 9.87. The fourth-order valence-electron chi connectivity index (χ4n) is 2.69. The van der Waals surface area contributed by atoms with Gasteiger partial charge in [-0.2, -0.15) is 0 Å². The summed E-state index contributed by atoms with van der Waals surface area (Å²) in [5.41, 5.74) is 0.491. The van der Waals surface area contributed by atoms with E-state index < -0.39 is 5.97 Å². The van der Waals surface area contributed by atoms with E-state index in [4.69, 9.17) is 5.11 Å². The third kappa shape index (κ3) is 3.10. The minimum absolute atomic E-state index is 0.0870. The van der Waals surface area contributed by atoms with Crippen molar-refractivity contribution >= 4 is 17.7 Å². The average molecular weight is 276 g/mol. The van der Waals surface area contributed by atoms with Crippen LogP contribution in [-0.4, -0.2) is 23.1 Å². The van der Waals surface area contributed by atoms with E-state index in [9.17, 15) is 9.59 Å². The van der Waals surface area contributed by atoms with Crippen molar-refractivity contribution in [2.75, 3.05) is 5.32 Å². The maximum Gasteiger partial charge on any atom is 0.337 e. The molecule has 0 aliphatic heterocycles. The second-order valence-corrected chi connectivity index (χ2v) is 5.88. The standard InChI is InChI=1S/C15H20N2O3/c1-15(2)9-5-8-12(15)17-14(20)16-11-7-4-3-6-10(11)13(18)19/h3-4,6-7,12H,5,8-9H2,1-2H3,(H,18,19)(H2,16,17,20). The van der Waals surface area contributed by atoms with E-state index in [0.717, 1.165) is 19.3 Å². The molecule has 5 nitrogen and oxygen atoms in total. The van der Waals surface area contributed by atoms with Gasteiger partial charge in [0.2, 0.25) is 0 Å². The molecule has 0 aromatic heterocycles. The molecule has 0 saturated heterocycles. The maximum absolute atomic E-state index is 12.0. The van der Waals surface area contributed by atoms with Crippen molar-refractivity contribution in [3.8, 4) is 0 Å². The number of nitrogens with one attached hydrogen (secondary N) is 2. The number of rotatable bonds is 3. The minimum Gasteiger partial charge on any atom is -0.478 e. The summed E-state index contributed by atoms with van der Waals surface area (Å²) in [7, 11) is 0. The highest BCUT2D eigenvalue weighted by Gasteiger charge is 2.35. The Morgan fingerprint density at radius 1 is 1.30 bits per heavy atom. The van der Waals surface area contributed by atoms with Crippen LogP contribution in [0.15, 0.2) is 24.3 Å². The van der Waals surface area contributed by atoms with E-state index >= 15 is 0 Å². The summed E-state index contributed by atoms with van der Waals surface area (Å²) in [6, 6.07) is 6.16. The Balaban J connectivity index is 2.04. The highest BCUT2D eigenvalue weighted by atomic mass is 16.4. The molecule has 3 N–H and O–H groups in total. The van der Waals surface area contributed by atoms with Gasteiger partial charge in [0, 0.05) is 6.04 Å². The normalized spacial score (nSPS) is 20.4. The number of urea groups is 1.